The Kier molecular flexibility index (Phi) is 6.89. The Bertz CT molecular complexity index is 747. The van der Waals surface area contributed by atoms with Crippen LogP contribution in [-0.2, 0) is 6.42 Å². The smallest absolute Gasteiger partial charge is 0.354 e. The molecule has 0 amide bonds. The fourth-order valence-electron chi connectivity index (χ4n) is 2.39. The predicted molar refractivity (Wildman–Crippen MR) is 99.2 cm³/mol. The lowest BCUT2D eigenvalue weighted by Gasteiger charge is -2.00. The van der Waals surface area contributed by atoms with Gasteiger partial charge in [0.15, 0.2) is 0 Å². The van der Waals surface area contributed by atoms with E-state index in [4.69, 9.17) is 10.2 Å². The first-order valence-corrected chi connectivity index (χ1v) is 9.06. The maximum absolute atomic E-state index is 11.1. The number of carboxylic acids is 2. The van der Waals surface area contributed by atoms with Crippen molar-refractivity contribution in [2.24, 2.45) is 0 Å². The van der Waals surface area contributed by atoms with Gasteiger partial charge in [0.25, 0.3) is 0 Å². The molecular formula is C19H21NO4S. The van der Waals surface area contributed by atoms with Crippen LogP contribution in [0.15, 0.2) is 24.3 Å². The van der Waals surface area contributed by atoms with Crippen molar-refractivity contribution in [2.75, 3.05) is 0 Å². The Hall–Kier alpha value is -2.47. The molecule has 0 aliphatic heterocycles. The summed E-state index contributed by atoms with van der Waals surface area (Å²) in [7, 11) is 0. The van der Waals surface area contributed by atoms with Crippen LogP contribution in [0.25, 0.3) is 12.2 Å². The second-order valence-corrected chi connectivity index (χ2v) is 6.93. The van der Waals surface area contributed by atoms with Gasteiger partial charge in [-0.3, -0.25) is 0 Å². The SMILES string of the molecule is CCCCCCc1ccc(/C=C/c2cc(C(=O)O)nc(C(=O)O)c2)s1. The summed E-state index contributed by atoms with van der Waals surface area (Å²) in [6, 6.07) is 6.86. The van der Waals surface area contributed by atoms with Crippen molar-refractivity contribution in [2.45, 2.75) is 39.0 Å². The van der Waals surface area contributed by atoms with Crippen molar-refractivity contribution in [1.82, 2.24) is 4.98 Å². The number of hydrogen-bond acceptors (Lipinski definition) is 4. The van der Waals surface area contributed by atoms with Gasteiger partial charge >= 0.3 is 11.9 Å². The molecule has 0 aliphatic carbocycles. The lowest BCUT2D eigenvalue weighted by atomic mass is 10.1. The minimum atomic E-state index is -1.25. The molecule has 2 aromatic heterocycles. The highest BCUT2D eigenvalue weighted by molar-refractivity contribution is 7.12. The number of aromatic nitrogens is 1. The van der Waals surface area contributed by atoms with Crippen LogP contribution in [0.2, 0.25) is 0 Å². The number of aryl methyl sites for hydroxylation is 1. The normalized spacial score (nSPS) is 11.1. The Labute approximate surface area is 150 Å². The maximum Gasteiger partial charge on any atom is 0.354 e. The molecule has 2 heterocycles. The molecule has 2 rings (SSSR count). The first-order valence-electron chi connectivity index (χ1n) is 8.25. The molecule has 5 nitrogen and oxygen atoms in total. The maximum atomic E-state index is 11.1. The summed E-state index contributed by atoms with van der Waals surface area (Å²) in [5, 5.41) is 18.1. The average molecular weight is 359 g/mol. The molecule has 6 heteroatoms. The molecule has 0 spiro atoms. The third-order valence-corrected chi connectivity index (χ3v) is 4.80. The highest BCUT2D eigenvalue weighted by atomic mass is 32.1. The number of carbonyl (C=O) groups is 2. The molecule has 0 aromatic carbocycles. The van der Waals surface area contributed by atoms with Crippen LogP contribution in [0.3, 0.4) is 0 Å². The van der Waals surface area contributed by atoms with Gasteiger partial charge in [-0.2, -0.15) is 0 Å². The molecule has 2 N–H and O–H groups in total. The molecule has 2 aromatic rings. The van der Waals surface area contributed by atoms with E-state index in [2.05, 4.69) is 18.0 Å². The second-order valence-electron chi connectivity index (χ2n) is 5.73. The summed E-state index contributed by atoms with van der Waals surface area (Å²) in [5.41, 5.74) is -0.0487. The molecule has 25 heavy (non-hydrogen) atoms. The zero-order valence-corrected chi connectivity index (χ0v) is 14.9. The fraction of sp³-hybridized carbons (Fsp3) is 0.316. The van der Waals surface area contributed by atoms with Gasteiger partial charge in [-0.1, -0.05) is 32.3 Å². The number of hydrogen-bond donors (Lipinski definition) is 2. The lowest BCUT2D eigenvalue weighted by Crippen LogP contribution is -2.07. The zero-order chi connectivity index (χ0) is 18.2. The highest BCUT2D eigenvalue weighted by Gasteiger charge is 2.12. The van der Waals surface area contributed by atoms with Crippen LogP contribution in [-0.4, -0.2) is 27.1 Å². The molecule has 0 radical (unpaired) electrons. The number of nitrogens with zero attached hydrogens (tertiary/aromatic N) is 1. The minimum Gasteiger partial charge on any atom is -0.477 e. The summed E-state index contributed by atoms with van der Waals surface area (Å²) >= 11 is 1.70. The van der Waals surface area contributed by atoms with E-state index in [1.54, 1.807) is 17.4 Å². The number of rotatable bonds is 9. The van der Waals surface area contributed by atoms with Crippen molar-refractivity contribution in [3.8, 4) is 0 Å². The number of thiophene rings is 1. The van der Waals surface area contributed by atoms with Crippen LogP contribution in [0.5, 0.6) is 0 Å². The van der Waals surface area contributed by atoms with E-state index in [1.165, 1.54) is 42.7 Å². The largest absolute Gasteiger partial charge is 0.477 e. The van der Waals surface area contributed by atoms with Crippen LogP contribution >= 0.6 is 11.3 Å². The summed E-state index contributed by atoms with van der Waals surface area (Å²) in [6.45, 7) is 2.19. The minimum absolute atomic E-state index is 0.276. The topological polar surface area (TPSA) is 87.5 Å². The van der Waals surface area contributed by atoms with Crippen LogP contribution in [0.1, 0.15) is 68.9 Å². The van der Waals surface area contributed by atoms with E-state index in [1.807, 2.05) is 12.1 Å². The Morgan fingerprint density at radius 2 is 1.72 bits per heavy atom. The standard InChI is InChI=1S/C19H21NO4S/c1-2-3-4-5-6-14-9-10-15(25-14)8-7-13-11-16(18(21)22)20-17(12-13)19(23)24/h7-12H,2-6H2,1H3,(H,21,22)(H,23,24)/b8-7+. The quantitative estimate of drug-likeness (QED) is 0.626. The van der Waals surface area contributed by atoms with Crippen molar-refractivity contribution in [1.29, 1.82) is 0 Å². The van der Waals surface area contributed by atoms with Gasteiger partial charge in [0.05, 0.1) is 0 Å². The first kappa shape index (κ1) is 18.9. The Morgan fingerprint density at radius 3 is 2.32 bits per heavy atom. The van der Waals surface area contributed by atoms with Crippen LogP contribution in [0, 0.1) is 0 Å². The summed E-state index contributed by atoms with van der Waals surface area (Å²) in [5.74, 6) is -2.49. The monoisotopic (exact) mass is 359 g/mol. The van der Waals surface area contributed by atoms with E-state index < -0.39 is 11.9 Å². The molecule has 0 bridgehead atoms. The molecule has 132 valence electrons. The predicted octanol–water partition coefficient (Wildman–Crippen LogP) is 4.83. The molecule has 0 atom stereocenters. The van der Waals surface area contributed by atoms with Gasteiger partial charge in [-0.15, -0.1) is 11.3 Å². The molecule has 0 saturated carbocycles. The van der Waals surface area contributed by atoms with Gasteiger partial charge in [0, 0.05) is 9.75 Å². The number of aromatic carboxylic acids is 2. The van der Waals surface area contributed by atoms with Gasteiger partial charge in [0.2, 0.25) is 0 Å². The fourth-order valence-corrected chi connectivity index (χ4v) is 3.35. The van der Waals surface area contributed by atoms with Gasteiger partial charge in [0.1, 0.15) is 11.4 Å². The molecule has 0 saturated heterocycles. The highest BCUT2D eigenvalue weighted by Crippen LogP contribution is 2.21. The van der Waals surface area contributed by atoms with E-state index in [-0.39, 0.29) is 11.4 Å². The molecular weight excluding hydrogens is 338 g/mol. The van der Waals surface area contributed by atoms with E-state index >= 15 is 0 Å². The number of pyridine rings is 1. The van der Waals surface area contributed by atoms with Crippen molar-refractivity contribution >= 4 is 35.4 Å². The van der Waals surface area contributed by atoms with Crippen LogP contribution in [0.4, 0.5) is 0 Å². The summed E-state index contributed by atoms with van der Waals surface area (Å²) in [6.07, 6.45) is 9.57. The Balaban J connectivity index is 2.09. The van der Waals surface area contributed by atoms with Gasteiger partial charge in [-0.25, -0.2) is 14.6 Å². The average Bonchev–Trinajstić information content (AvgIpc) is 3.04. The molecule has 0 fully saturated rings. The second kappa shape index (κ2) is 9.13. The van der Waals surface area contributed by atoms with E-state index in [0.29, 0.717) is 5.56 Å². The van der Waals surface area contributed by atoms with Gasteiger partial charge in [-0.05, 0) is 48.7 Å². The zero-order valence-electron chi connectivity index (χ0n) is 14.1. The van der Waals surface area contributed by atoms with Gasteiger partial charge < -0.3 is 10.2 Å². The number of unbranched alkanes of at least 4 members (excludes halogenated alkanes) is 3. The third kappa shape index (κ3) is 5.83. The molecule has 0 unspecified atom stereocenters. The van der Waals surface area contributed by atoms with Crippen LogP contribution < -0.4 is 0 Å². The van der Waals surface area contributed by atoms with Crippen molar-refractivity contribution in [3.63, 3.8) is 0 Å². The van der Waals surface area contributed by atoms with E-state index in [0.717, 1.165) is 11.3 Å². The third-order valence-electron chi connectivity index (χ3n) is 3.69. The Morgan fingerprint density at radius 1 is 1.04 bits per heavy atom. The van der Waals surface area contributed by atoms with Crippen molar-refractivity contribution in [3.05, 3.63) is 51.0 Å². The van der Waals surface area contributed by atoms with E-state index in [9.17, 15) is 9.59 Å². The summed E-state index contributed by atoms with van der Waals surface area (Å²) < 4.78 is 0. The molecule has 0 aliphatic rings. The van der Waals surface area contributed by atoms with Crippen molar-refractivity contribution < 1.29 is 19.8 Å². The lowest BCUT2D eigenvalue weighted by molar-refractivity contribution is 0.0685. The summed E-state index contributed by atoms with van der Waals surface area (Å²) in [4.78, 5) is 28.1. The number of carboxylic acid groups (broad SMARTS) is 2. The first-order chi connectivity index (χ1) is 12.0.